The molecule has 5 rings (SSSR count). The summed E-state index contributed by atoms with van der Waals surface area (Å²) in [7, 11) is 1.53. The Labute approximate surface area is 211 Å². The number of nitrogens with zero attached hydrogens (tertiary/aromatic N) is 4. The highest BCUT2D eigenvalue weighted by Gasteiger charge is 2.34. The van der Waals surface area contributed by atoms with Crippen LogP contribution in [0.1, 0.15) is 18.5 Å². The lowest BCUT2D eigenvalue weighted by Crippen LogP contribution is -2.31. The van der Waals surface area contributed by atoms with Crippen LogP contribution in [0.2, 0.25) is 0 Å². The molecule has 3 N–H and O–H groups in total. The van der Waals surface area contributed by atoms with Gasteiger partial charge < -0.3 is 20.5 Å². The van der Waals surface area contributed by atoms with E-state index in [2.05, 4.69) is 20.7 Å². The van der Waals surface area contributed by atoms with Gasteiger partial charge in [0.05, 0.1) is 23.3 Å². The molecule has 2 heterocycles. The van der Waals surface area contributed by atoms with Crippen LogP contribution >= 0.6 is 0 Å². The molecule has 0 spiro atoms. The van der Waals surface area contributed by atoms with Crippen molar-refractivity contribution < 1.29 is 19.6 Å². The average molecular weight is 498 g/mol. The molecular formula is C26H22N6O5. The first-order chi connectivity index (χ1) is 17.9. The van der Waals surface area contributed by atoms with Gasteiger partial charge in [0.2, 0.25) is 5.95 Å². The molecule has 1 amide bonds. The number of fused-ring (bicyclic) bond motifs is 1. The highest BCUT2D eigenvalue weighted by Crippen LogP contribution is 2.38. The maximum atomic E-state index is 13.6. The van der Waals surface area contributed by atoms with Crippen LogP contribution in [0.15, 0.2) is 84.1 Å². The summed E-state index contributed by atoms with van der Waals surface area (Å²) < 4.78 is 6.96. The van der Waals surface area contributed by atoms with Crippen molar-refractivity contribution in [1.29, 1.82) is 0 Å². The number of nitro benzene ring substituents is 1. The number of nitrogens with one attached hydrogen (secondary N) is 2. The summed E-state index contributed by atoms with van der Waals surface area (Å²) in [6.45, 7) is 1.77. The van der Waals surface area contributed by atoms with Gasteiger partial charge >= 0.3 is 0 Å². The number of hydrogen-bond donors (Lipinski definition) is 3. The molecule has 4 aromatic rings. The van der Waals surface area contributed by atoms with E-state index in [0.29, 0.717) is 45.6 Å². The molecule has 1 aromatic heterocycles. The van der Waals surface area contributed by atoms with E-state index in [1.54, 1.807) is 54.1 Å². The summed E-state index contributed by atoms with van der Waals surface area (Å²) in [4.78, 5) is 28.8. The fourth-order valence-corrected chi connectivity index (χ4v) is 4.20. The zero-order chi connectivity index (χ0) is 26.1. The highest BCUT2D eigenvalue weighted by atomic mass is 16.6. The lowest BCUT2D eigenvalue weighted by Gasteiger charge is -2.28. The Morgan fingerprint density at radius 3 is 2.49 bits per heavy atom. The third-order valence-electron chi connectivity index (χ3n) is 6.00. The number of carbonyl (C=O) groups excluding carboxylic acids is 1. The first-order valence-electron chi connectivity index (χ1n) is 11.3. The summed E-state index contributed by atoms with van der Waals surface area (Å²) in [6, 6.07) is 18.8. The lowest BCUT2D eigenvalue weighted by molar-refractivity contribution is -0.384. The summed E-state index contributed by atoms with van der Waals surface area (Å²) in [5.41, 5.74) is 2.71. The van der Waals surface area contributed by atoms with Crippen LogP contribution in [0.5, 0.6) is 11.5 Å². The van der Waals surface area contributed by atoms with E-state index in [0.717, 1.165) is 0 Å². The Morgan fingerprint density at radius 2 is 1.81 bits per heavy atom. The number of carbonyl (C=O) groups is 1. The van der Waals surface area contributed by atoms with E-state index < -0.39 is 11.0 Å². The Kier molecular flexibility index (Phi) is 6.02. The summed E-state index contributed by atoms with van der Waals surface area (Å²) in [5.74, 6) is 0.966. The topological polar surface area (TPSA) is 144 Å². The number of methoxy groups -OCH3 is 1. The number of aromatic hydroxyl groups is 1. The van der Waals surface area contributed by atoms with Gasteiger partial charge in [-0.25, -0.2) is 4.68 Å². The van der Waals surface area contributed by atoms with Gasteiger partial charge in [0, 0.05) is 23.4 Å². The summed E-state index contributed by atoms with van der Waals surface area (Å²) in [5, 5.41) is 31.6. The van der Waals surface area contributed by atoms with E-state index in [1.165, 1.54) is 31.4 Å². The number of anilines is 2. The molecule has 3 aromatic carbocycles. The number of nitro groups is 1. The van der Waals surface area contributed by atoms with Crippen molar-refractivity contribution >= 4 is 23.2 Å². The lowest BCUT2D eigenvalue weighted by atomic mass is 9.95. The molecule has 1 aliphatic rings. The van der Waals surface area contributed by atoms with Crippen molar-refractivity contribution in [3.63, 3.8) is 0 Å². The molecule has 37 heavy (non-hydrogen) atoms. The Morgan fingerprint density at radius 1 is 1.11 bits per heavy atom. The fraction of sp³-hybridized carbons (Fsp3) is 0.115. The van der Waals surface area contributed by atoms with E-state index in [-0.39, 0.29) is 17.3 Å². The van der Waals surface area contributed by atoms with E-state index >= 15 is 0 Å². The van der Waals surface area contributed by atoms with Gasteiger partial charge in [0.1, 0.15) is 17.5 Å². The molecule has 1 aliphatic heterocycles. The van der Waals surface area contributed by atoms with Gasteiger partial charge in [0.15, 0.2) is 5.82 Å². The normalized spacial score (nSPS) is 14.5. The number of phenols is 1. The van der Waals surface area contributed by atoms with Gasteiger partial charge in [-0.05, 0) is 48.9 Å². The van der Waals surface area contributed by atoms with Crippen molar-refractivity contribution in [2.24, 2.45) is 0 Å². The van der Waals surface area contributed by atoms with Crippen molar-refractivity contribution in [2.75, 3.05) is 17.7 Å². The van der Waals surface area contributed by atoms with Crippen LogP contribution in [0, 0.1) is 10.1 Å². The second kappa shape index (κ2) is 9.46. The maximum absolute atomic E-state index is 13.6. The fourth-order valence-electron chi connectivity index (χ4n) is 4.20. The van der Waals surface area contributed by atoms with Gasteiger partial charge in [-0.2, -0.15) is 4.98 Å². The third-order valence-corrected chi connectivity index (χ3v) is 6.00. The Balaban J connectivity index is 1.58. The number of non-ortho nitro benzene ring substituents is 1. The number of aromatic nitrogens is 3. The molecule has 11 heteroatoms. The predicted molar refractivity (Wildman–Crippen MR) is 136 cm³/mol. The zero-order valence-corrected chi connectivity index (χ0v) is 19.9. The smallest absolute Gasteiger partial charge is 0.269 e. The van der Waals surface area contributed by atoms with Gasteiger partial charge in [0.25, 0.3) is 11.6 Å². The largest absolute Gasteiger partial charge is 0.508 e. The SMILES string of the molecule is COc1ccccc1NC(=O)C1=C(C)Nc2nc(-c3ccc([N+](=O)[O-])cc3)nn2C1c1ccc(O)cc1. The van der Waals surface area contributed by atoms with Crippen LogP contribution in [-0.4, -0.2) is 37.8 Å². The molecule has 0 saturated carbocycles. The van der Waals surface area contributed by atoms with Crippen molar-refractivity contribution in [3.05, 3.63) is 99.7 Å². The minimum absolute atomic E-state index is 0.0411. The highest BCUT2D eigenvalue weighted by molar-refractivity contribution is 6.06. The monoisotopic (exact) mass is 498 g/mol. The van der Waals surface area contributed by atoms with Crippen LogP contribution in [-0.2, 0) is 4.79 Å². The number of rotatable bonds is 6. The van der Waals surface area contributed by atoms with Gasteiger partial charge in [-0.3, -0.25) is 14.9 Å². The molecule has 1 unspecified atom stereocenters. The number of ether oxygens (including phenoxy) is 1. The second-order valence-electron chi connectivity index (χ2n) is 8.32. The first kappa shape index (κ1) is 23.5. The number of amides is 1. The second-order valence-corrected chi connectivity index (χ2v) is 8.32. The van der Waals surface area contributed by atoms with E-state index in [4.69, 9.17) is 4.74 Å². The number of benzene rings is 3. The Hall–Kier alpha value is -5.19. The number of phenolic OH excluding ortho intramolecular Hbond substituents is 1. The Bertz CT molecular complexity index is 1530. The average Bonchev–Trinajstić information content (AvgIpc) is 3.32. The standard InChI is InChI=1S/C26H22N6O5/c1-15-22(25(34)28-20-5-3-4-6-21(20)37-2)23(16-9-13-19(33)14-10-16)31-26(27-15)29-24(30-31)17-7-11-18(12-8-17)32(35)36/h3-14,23,33H,1-2H3,(H,28,34)(H,27,29,30). The molecule has 0 radical (unpaired) electrons. The van der Waals surface area contributed by atoms with Gasteiger partial charge in [-0.1, -0.05) is 24.3 Å². The summed E-state index contributed by atoms with van der Waals surface area (Å²) in [6.07, 6.45) is 0. The van der Waals surface area contributed by atoms with Crippen molar-refractivity contribution in [1.82, 2.24) is 14.8 Å². The number of hydrogen-bond acceptors (Lipinski definition) is 8. The molecule has 0 saturated heterocycles. The zero-order valence-electron chi connectivity index (χ0n) is 19.9. The van der Waals surface area contributed by atoms with Crippen molar-refractivity contribution in [3.8, 4) is 22.9 Å². The number of allylic oxidation sites excluding steroid dienone is 1. The predicted octanol–water partition coefficient (Wildman–Crippen LogP) is 4.50. The first-order valence-corrected chi connectivity index (χ1v) is 11.3. The summed E-state index contributed by atoms with van der Waals surface area (Å²) >= 11 is 0. The minimum Gasteiger partial charge on any atom is -0.508 e. The molecule has 0 fully saturated rings. The van der Waals surface area contributed by atoms with Gasteiger partial charge in [-0.15, -0.1) is 5.10 Å². The minimum atomic E-state index is -0.675. The molecule has 186 valence electrons. The van der Waals surface area contributed by atoms with E-state index in [9.17, 15) is 20.0 Å². The quantitative estimate of drug-likeness (QED) is 0.260. The van der Waals surface area contributed by atoms with Crippen LogP contribution < -0.4 is 15.4 Å². The molecule has 0 bridgehead atoms. The van der Waals surface area contributed by atoms with Crippen LogP contribution in [0.4, 0.5) is 17.3 Å². The molecule has 0 aliphatic carbocycles. The molecule has 11 nitrogen and oxygen atoms in total. The molecular weight excluding hydrogens is 476 g/mol. The maximum Gasteiger partial charge on any atom is 0.269 e. The van der Waals surface area contributed by atoms with Crippen LogP contribution in [0.25, 0.3) is 11.4 Å². The molecule has 1 atom stereocenters. The third kappa shape index (κ3) is 4.45. The van der Waals surface area contributed by atoms with Crippen LogP contribution in [0.3, 0.4) is 0 Å². The van der Waals surface area contributed by atoms with Crippen molar-refractivity contribution in [2.45, 2.75) is 13.0 Å². The van der Waals surface area contributed by atoms with E-state index in [1.807, 2.05) is 6.07 Å². The number of para-hydroxylation sites is 2.